The van der Waals surface area contributed by atoms with Crippen molar-refractivity contribution in [1.82, 2.24) is 20.2 Å². The molecule has 6 nitrogen and oxygen atoms in total. The molecule has 3 heterocycles. The lowest BCUT2D eigenvalue weighted by Crippen LogP contribution is -2.05. The normalized spacial score (nSPS) is 11.2. The van der Waals surface area contributed by atoms with Crippen LogP contribution >= 0.6 is 11.3 Å². The molecule has 0 radical (unpaired) electrons. The van der Waals surface area contributed by atoms with Gasteiger partial charge in [-0.05, 0) is 42.1 Å². The van der Waals surface area contributed by atoms with Crippen LogP contribution in [0.2, 0.25) is 0 Å². The highest BCUT2D eigenvalue weighted by Crippen LogP contribution is 2.30. The minimum absolute atomic E-state index is 0.610. The van der Waals surface area contributed by atoms with Gasteiger partial charge in [0, 0.05) is 17.6 Å². The average Bonchev–Trinajstić information content (AvgIpc) is 3.35. The summed E-state index contributed by atoms with van der Waals surface area (Å²) < 4.78 is 1.04. The monoisotopic (exact) mass is 386 g/mol. The van der Waals surface area contributed by atoms with Crippen molar-refractivity contribution in [2.24, 2.45) is 0 Å². The first kappa shape index (κ1) is 16.7. The summed E-state index contributed by atoms with van der Waals surface area (Å²) in [5, 5.41) is 16.9. The summed E-state index contributed by atoms with van der Waals surface area (Å²) in [5.41, 5.74) is 5.35. The predicted octanol–water partition coefficient (Wildman–Crippen LogP) is 5.23. The van der Waals surface area contributed by atoms with E-state index in [2.05, 4.69) is 63.1 Å². The quantitative estimate of drug-likeness (QED) is 0.385. The van der Waals surface area contributed by atoms with E-state index in [1.165, 1.54) is 11.1 Å². The highest BCUT2D eigenvalue weighted by atomic mass is 32.1. The van der Waals surface area contributed by atoms with Crippen molar-refractivity contribution in [3.63, 3.8) is 0 Å². The van der Waals surface area contributed by atoms with Crippen molar-refractivity contribution in [3.05, 3.63) is 71.2 Å². The number of aromatic amines is 1. The summed E-state index contributed by atoms with van der Waals surface area (Å²) in [6, 6.07) is 16.5. The lowest BCUT2D eigenvalue weighted by molar-refractivity contribution is 1.07. The molecule has 0 bridgehead atoms. The third-order valence-corrected chi connectivity index (χ3v) is 5.45. The first-order valence-corrected chi connectivity index (χ1v) is 9.87. The van der Waals surface area contributed by atoms with Crippen molar-refractivity contribution in [1.29, 1.82) is 0 Å². The lowest BCUT2D eigenvalue weighted by atomic mass is 10.1. The van der Waals surface area contributed by atoms with Crippen LogP contribution in [-0.4, -0.2) is 20.2 Å². The second kappa shape index (κ2) is 6.94. The van der Waals surface area contributed by atoms with Crippen LogP contribution in [0.1, 0.15) is 11.1 Å². The second-order valence-electron chi connectivity index (χ2n) is 6.67. The number of hydrogen-bond acceptors (Lipinski definition) is 6. The molecule has 7 heteroatoms. The number of thiophene rings is 1. The van der Waals surface area contributed by atoms with E-state index in [1.54, 1.807) is 11.3 Å². The second-order valence-corrected chi connectivity index (χ2v) is 7.59. The van der Waals surface area contributed by atoms with Gasteiger partial charge in [0.1, 0.15) is 0 Å². The highest BCUT2D eigenvalue weighted by Gasteiger charge is 2.10. The first-order valence-electron chi connectivity index (χ1n) is 8.99. The molecule has 0 unspecified atom stereocenters. The van der Waals surface area contributed by atoms with Crippen molar-refractivity contribution in [2.75, 3.05) is 10.6 Å². The van der Waals surface area contributed by atoms with Gasteiger partial charge >= 0.3 is 0 Å². The molecule has 5 aromatic rings. The Hall–Kier alpha value is -3.45. The third-order valence-electron chi connectivity index (χ3n) is 4.54. The zero-order valence-corrected chi connectivity index (χ0v) is 16.0. The number of anilines is 3. The third kappa shape index (κ3) is 3.27. The van der Waals surface area contributed by atoms with Crippen molar-refractivity contribution < 1.29 is 0 Å². The largest absolute Gasteiger partial charge is 0.350 e. The number of hydrogen-bond donors (Lipinski definition) is 3. The van der Waals surface area contributed by atoms with Crippen LogP contribution in [0.15, 0.2) is 60.1 Å². The van der Waals surface area contributed by atoms with Crippen LogP contribution in [-0.2, 0) is 6.54 Å². The maximum absolute atomic E-state index is 4.73. The van der Waals surface area contributed by atoms with Crippen LogP contribution < -0.4 is 10.6 Å². The van der Waals surface area contributed by atoms with E-state index in [0.29, 0.717) is 12.5 Å². The van der Waals surface area contributed by atoms with E-state index in [-0.39, 0.29) is 0 Å². The molecule has 0 spiro atoms. The van der Waals surface area contributed by atoms with Crippen LogP contribution in [0, 0.1) is 6.92 Å². The first-order chi connectivity index (χ1) is 13.7. The fourth-order valence-electron chi connectivity index (χ4n) is 3.19. The number of benzene rings is 2. The van der Waals surface area contributed by atoms with Crippen LogP contribution in [0.4, 0.5) is 17.5 Å². The highest BCUT2D eigenvalue weighted by molar-refractivity contribution is 7.17. The van der Waals surface area contributed by atoms with Crippen LogP contribution in [0.25, 0.3) is 21.1 Å². The molecule has 138 valence electrons. The topological polar surface area (TPSA) is 78.5 Å². The van der Waals surface area contributed by atoms with Gasteiger partial charge in [0.25, 0.3) is 0 Å². The van der Waals surface area contributed by atoms with E-state index < -0.39 is 0 Å². The van der Waals surface area contributed by atoms with Gasteiger partial charge in [0.15, 0.2) is 5.82 Å². The number of aromatic nitrogens is 4. The Morgan fingerprint density at radius 3 is 2.96 bits per heavy atom. The smallest absolute Gasteiger partial charge is 0.225 e. The summed E-state index contributed by atoms with van der Waals surface area (Å²) >= 11 is 1.63. The molecule has 0 saturated heterocycles. The molecule has 0 atom stereocenters. The molecule has 0 amide bonds. The lowest BCUT2D eigenvalue weighted by Gasteiger charge is -2.10. The van der Waals surface area contributed by atoms with E-state index in [1.807, 2.05) is 29.8 Å². The summed E-state index contributed by atoms with van der Waals surface area (Å²) in [4.78, 5) is 9.38. The minimum atomic E-state index is 0.610. The Balaban J connectivity index is 1.45. The van der Waals surface area contributed by atoms with Gasteiger partial charge in [-0.2, -0.15) is 10.1 Å². The standard InChI is InChI=1S/C21H18N6S/c1-13-3-2-4-14(9-13)11-22-21-25-18-7-8-28-19(18)20(26-21)24-16-5-6-17-15(10-16)12-23-27-17/h2-10,12H,11H2,1H3,(H,23,27)(H2,22,24,25,26). The molecule has 0 fully saturated rings. The Morgan fingerprint density at radius 1 is 1.07 bits per heavy atom. The van der Waals surface area contributed by atoms with E-state index in [9.17, 15) is 0 Å². The molecule has 0 saturated carbocycles. The maximum Gasteiger partial charge on any atom is 0.225 e. The molecular formula is C21H18N6S. The minimum Gasteiger partial charge on any atom is -0.350 e. The SMILES string of the molecule is Cc1cccc(CNc2nc(Nc3ccc4[nH]ncc4c3)c3sccc3n2)c1. The maximum atomic E-state index is 4.73. The van der Waals surface area contributed by atoms with E-state index >= 15 is 0 Å². The average molecular weight is 386 g/mol. The molecule has 2 aromatic carbocycles. The van der Waals surface area contributed by atoms with Gasteiger partial charge in [-0.3, -0.25) is 5.10 Å². The zero-order chi connectivity index (χ0) is 18.9. The number of H-pyrrole nitrogens is 1. The summed E-state index contributed by atoms with van der Waals surface area (Å²) in [6.45, 7) is 2.77. The van der Waals surface area contributed by atoms with Crippen molar-refractivity contribution in [3.8, 4) is 0 Å². The fourth-order valence-corrected chi connectivity index (χ4v) is 3.96. The zero-order valence-electron chi connectivity index (χ0n) is 15.2. The molecule has 0 aliphatic carbocycles. The van der Waals surface area contributed by atoms with Crippen molar-refractivity contribution >= 4 is 49.9 Å². The number of nitrogens with one attached hydrogen (secondary N) is 3. The van der Waals surface area contributed by atoms with E-state index in [4.69, 9.17) is 4.98 Å². The summed E-state index contributed by atoms with van der Waals surface area (Å²) in [6.07, 6.45) is 1.82. The van der Waals surface area contributed by atoms with Gasteiger partial charge in [-0.15, -0.1) is 11.3 Å². The van der Waals surface area contributed by atoms with Gasteiger partial charge in [-0.25, -0.2) is 4.98 Å². The summed E-state index contributed by atoms with van der Waals surface area (Å²) in [5.74, 6) is 1.41. The molecule has 28 heavy (non-hydrogen) atoms. The molecule has 5 rings (SSSR count). The fraction of sp³-hybridized carbons (Fsp3) is 0.0952. The van der Waals surface area contributed by atoms with Gasteiger partial charge in [0.05, 0.1) is 21.9 Å². The van der Waals surface area contributed by atoms with Crippen LogP contribution in [0.5, 0.6) is 0 Å². The Bertz CT molecular complexity index is 1270. The number of rotatable bonds is 5. The number of nitrogens with zero attached hydrogens (tertiary/aromatic N) is 3. The Kier molecular flexibility index (Phi) is 4.14. The van der Waals surface area contributed by atoms with Gasteiger partial charge in [0.2, 0.25) is 5.95 Å². The Labute approximate surface area is 165 Å². The molecular weight excluding hydrogens is 368 g/mol. The van der Waals surface area contributed by atoms with Gasteiger partial charge in [-0.1, -0.05) is 29.8 Å². The molecule has 0 aliphatic heterocycles. The molecule has 3 aromatic heterocycles. The number of fused-ring (bicyclic) bond motifs is 2. The molecule has 3 N–H and O–H groups in total. The summed E-state index contributed by atoms with van der Waals surface area (Å²) in [7, 11) is 0. The molecule has 0 aliphatic rings. The predicted molar refractivity (Wildman–Crippen MR) is 115 cm³/mol. The Morgan fingerprint density at radius 2 is 2.04 bits per heavy atom. The van der Waals surface area contributed by atoms with Gasteiger partial charge < -0.3 is 10.6 Å². The number of aryl methyl sites for hydroxylation is 1. The van der Waals surface area contributed by atoms with Crippen LogP contribution in [0.3, 0.4) is 0 Å². The van der Waals surface area contributed by atoms with E-state index in [0.717, 1.165) is 32.6 Å². The van der Waals surface area contributed by atoms with Crippen molar-refractivity contribution in [2.45, 2.75) is 13.5 Å².